The zero-order chi connectivity index (χ0) is 23.7. The number of H-pyrrole nitrogens is 1. The summed E-state index contributed by atoms with van der Waals surface area (Å²) in [5, 5.41) is 8.58. The number of rotatable bonds is 7. The summed E-state index contributed by atoms with van der Waals surface area (Å²) in [5.74, 6) is 0.771. The van der Waals surface area contributed by atoms with E-state index in [0.717, 1.165) is 29.7 Å². The maximum absolute atomic E-state index is 12.7. The van der Waals surface area contributed by atoms with Crippen molar-refractivity contribution in [1.82, 2.24) is 20.6 Å². The molecule has 5 rings (SSSR count). The minimum absolute atomic E-state index is 0.0359. The van der Waals surface area contributed by atoms with E-state index in [1.807, 2.05) is 12.1 Å². The Labute approximate surface area is 199 Å². The number of hydrogen-bond donors (Lipinski definition) is 3. The van der Waals surface area contributed by atoms with E-state index >= 15 is 0 Å². The number of fused-ring (bicyclic) bond motifs is 2. The number of carbonyl (C=O) groups excluding carboxylic acids is 2. The number of amides is 2. The Balaban J connectivity index is 1.25. The number of aromatic amines is 1. The molecule has 1 fully saturated rings. The molecule has 3 N–H and O–H groups in total. The highest BCUT2D eigenvalue weighted by Crippen LogP contribution is 2.32. The van der Waals surface area contributed by atoms with Crippen LogP contribution >= 0.6 is 0 Å². The van der Waals surface area contributed by atoms with Crippen LogP contribution in [0.3, 0.4) is 0 Å². The molecule has 1 saturated heterocycles. The molecule has 1 aliphatic heterocycles. The smallest absolute Gasteiger partial charge is 0.220 e. The summed E-state index contributed by atoms with van der Waals surface area (Å²) in [4.78, 5) is 32.8. The van der Waals surface area contributed by atoms with Crippen molar-refractivity contribution in [2.24, 2.45) is 0 Å². The minimum atomic E-state index is -0.396. The molecule has 0 radical (unpaired) electrons. The highest BCUT2D eigenvalue weighted by atomic mass is 16.2. The van der Waals surface area contributed by atoms with Gasteiger partial charge in [-0.2, -0.15) is 0 Å². The molecule has 174 valence electrons. The van der Waals surface area contributed by atoms with Gasteiger partial charge in [0.2, 0.25) is 11.8 Å². The first-order valence-electron chi connectivity index (χ1n) is 11.9. The van der Waals surface area contributed by atoms with Gasteiger partial charge >= 0.3 is 0 Å². The van der Waals surface area contributed by atoms with E-state index in [1.54, 1.807) is 0 Å². The van der Waals surface area contributed by atoms with Gasteiger partial charge in [0.15, 0.2) is 0 Å². The Morgan fingerprint density at radius 3 is 2.71 bits per heavy atom. The van der Waals surface area contributed by atoms with Crippen LogP contribution in [-0.4, -0.2) is 27.3 Å². The first kappa shape index (κ1) is 22.1. The topological polar surface area (TPSA) is 86.9 Å². The van der Waals surface area contributed by atoms with Crippen LogP contribution in [0, 0.1) is 13.8 Å². The number of nitrogens with zero attached hydrogens (tertiary/aromatic N) is 1. The lowest BCUT2D eigenvalue weighted by atomic mass is 9.83. The second kappa shape index (κ2) is 8.93. The highest BCUT2D eigenvalue weighted by Gasteiger charge is 2.38. The van der Waals surface area contributed by atoms with E-state index in [9.17, 15) is 9.59 Å². The number of carbonyl (C=O) groups is 2. The second-order valence-corrected chi connectivity index (χ2v) is 9.56. The van der Waals surface area contributed by atoms with Crippen molar-refractivity contribution in [3.63, 3.8) is 0 Å². The molecule has 0 saturated carbocycles. The van der Waals surface area contributed by atoms with Crippen LogP contribution < -0.4 is 10.6 Å². The van der Waals surface area contributed by atoms with Crippen molar-refractivity contribution < 1.29 is 9.59 Å². The van der Waals surface area contributed by atoms with E-state index in [0.29, 0.717) is 25.8 Å². The van der Waals surface area contributed by atoms with E-state index in [1.165, 1.54) is 27.5 Å². The van der Waals surface area contributed by atoms with Crippen LogP contribution in [0.5, 0.6) is 0 Å². The Bertz CT molecular complexity index is 1350. The summed E-state index contributed by atoms with van der Waals surface area (Å²) in [5.41, 5.74) is 5.11. The molecule has 6 nitrogen and oxygen atoms in total. The standard InChI is InChI=1S/C28H30N4O2/c1-18-14-23-24(15-19(18)2)31-25(30-23)17-29-26(33)10-12-28(13-11-27(34)32-28)16-21-8-5-7-20-6-3-4-9-22(20)21/h3-9,14-15H,10-13,16-17H2,1-2H3,(H,29,33)(H,30,31)(H,32,34). The summed E-state index contributed by atoms with van der Waals surface area (Å²) in [6.45, 7) is 4.50. The van der Waals surface area contributed by atoms with E-state index < -0.39 is 5.54 Å². The zero-order valence-electron chi connectivity index (χ0n) is 19.7. The predicted molar refractivity (Wildman–Crippen MR) is 134 cm³/mol. The van der Waals surface area contributed by atoms with Crippen molar-refractivity contribution in [2.75, 3.05) is 0 Å². The minimum Gasteiger partial charge on any atom is -0.350 e. The molecule has 6 heteroatoms. The van der Waals surface area contributed by atoms with Gasteiger partial charge in [0, 0.05) is 18.4 Å². The Kier molecular flexibility index (Phi) is 5.82. The molecule has 0 spiro atoms. The molecule has 1 aromatic heterocycles. The fourth-order valence-corrected chi connectivity index (χ4v) is 5.02. The number of aromatic nitrogens is 2. The zero-order valence-corrected chi connectivity index (χ0v) is 19.7. The summed E-state index contributed by atoms with van der Waals surface area (Å²) in [6.07, 6.45) is 2.92. The van der Waals surface area contributed by atoms with Gasteiger partial charge in [-0.3, -0.25) is 9.59 Å². The molecule has 1 aliphatic rings. The quantitative estimate of drug-likeness (QED) is 0.381. The number of imidazole rings is 1. The number of aryl methyl sites for hydroxylation is 2. The number of nitrogens with one attached hydrogen (secondary N) is 3. The van der Waals surface area contributed by atoms with Crippen LogP contribution in [0.1, 0.15) is 48.2 Å². The summed E-state index contributed by atoms with van der Waals surface area (Å²) in [6, 6.07) is 18.7. The molecule has 1 unspecified atom stereocenters. The second-order valence-electron chi connectivity index (χ2n) is 9.56. The van der Waals surface area contributed by atoms with Gasteiger partial charge in [-0.1, -0.05) is 42.5 Å². The van der Waals surface area contributed by atoms with E-state index in [4.69, 9.17) is 0 Å². The average Bonchev–Trinajstić information content (AvgIpc) is 3.39. The highest BCUT2D eigenvalue weighted by molar-refractivity contribution is 5.86. The number of benzene rings is 3. The van der Waals surface area contributed by atoms with E-state index in [2.05, 4.69) is 76.9 Å². The number of hydrogen-bond acceptors (Lipinski definition) is 3. The molecular weight excluding hydrogens is 424 g/mol. The molecule has 2 amide bonds. The van der Waals surface area contributed by atoms with Gasteiger partial charge in [0.25, 0.3) is 0 Å². The van der Waals surface area contributed by atoms with E-state index in [-0.39, 0.29) is 11.8 Å². The van der Waals surface area contributed by atoms with Gasteiger partial charge in [-0.15, -0.1) is 0 Å². The summed E-state index contributed by atoms with van der Waals surface area (Å²) < 4.78 is 0. The van der Waals surface area contributed by atoms with Crippen molar-refractivity contribution in [3.05, 3.63) is 77.1 Å². The Morgan fingerprint density at radius 1 is 1.09 bits per heavy atom. The monoisotopic (exact) mass is 454 g/mol. The van der Waals surface area contributed by atoms with Gasteiger partial charge < -0.3 is 15.6 Å². The molecule has 2 heterocycles. The molecular formula is C28H30N4O2. The molecule has 1 atom stereocenters. The molecule has 4 aromatic rings. The third-order valence-electron chi connectivity index (χ3n) is 7.07. The fourth-order valence-electron chi connectivity index (χ4n) is 5.02. The lowest BCUT2D eigenvalue weighted by Crippen LogP contribution is -2.44. The lowest BCUT2D eigenvalue weighted by Gasteiger charge is -2.30. The van der Waals surface area contributed by atoms with Crippen molar-refractivity contribution >= 4 is 33.6 Å². The third kappa shape index (κ3) is 4.53. The lowest BCUT2D eigenvalue weighted by molar-refractivity contribution is -0.122. The van der Waals surface area contributed by atoms with Crippen LogP contribution in [0.15, 0.2) is 54.6 Å². The van der Waals surface area contributed by atoms with Crippen LogP contribution in [0.4, 0.5) is 0 Å². The maximum Gasteiger partial charge on any atom is 0.220 e. The summed E-state index contributed by atoms with van der Waals surface area (Å²) in [7, 11) is 0. The van der Waals surface area contributed by atoms with Gasteiger partial charge in [-0.05, 0) is 72.7 Å². The molecule has 0 bridgehead atoms. The summed E-state index contributed by atoms with van der Waals surface area (Å²) >= 11 is 0. The molecule has 34 heavy (non-hydrogen) atoms. The van der Waals surface area contributed by atoms with Crippen molar-refractivity contribution in [3.8, 4) is 0 Å². The van der Waals surface area contributed by atoms with Crippen molar-refractivity contribution in [1.29, 1.82) is 0 Å². The first-order chi connectivity index (χ1) is 16.4. The van der Waals surface area contributed by atoms with Crippen LogP contribution in [-0.2, 0) is 22.6 Å². The van der Waals surface area contributed by atoms with Gasteiger partial charge in [0.1, 0.15) is 5.82 Å². The van der Waals surface area contributed by atoms with Gasteiger partial charge in [0.05, 0.1) is 17.6 Å². The average molecular weight is 455 g/mol. The fraction of sp³-hybridized carbons (Fsp3) is 0.321. The Morgan fingerprint density at radius 2 is 1.88 bits per heavy atom. The molecule has 0 aliphatic carbocycles. The predicted octanol–water partition coefficient (Wildman–Crippen LogP) is 4.62. The van der Waals surface area contributed by atoms with Crippen molar-refractivity contribution in [2.45, 2.75) is 58.0 Å². The molecule has 3 aromatic carbocycles. The van der Waals surface area contributed by atoms with Gasteiger partial charge in [-0.25, -0.2) is 4.98 Å². The maximum atomic E-state index is 12.7. The SMILES string of the molecule is Cc1cc2nc(CNC(=O)CCC3(Cc4cccc5ccccc45)CCC(=O)N3)[nH]c2cc1C. The largest absolute Gasteiger partial charge is 0.350 e. The van der Waals surface area contributed by atoms with Crippen LogP contribution in [0.25, 0.3) is 21.8 Å². The van der Waals surface area contributed by atoms with Crippen LogP contribution in [0.2, 0.25) is 0 Å². The normalized spacial score (nSPS) is 17.9. The third-order valence-corrected chi connectivity index (χ3v) is 7.07. The first-order valence-corrected chi connectivity index (χ1v) is 11.9. The Hall–Kier alpha value is -3.67.